The van der Waals surface area contributed by atoms with Crippen LogP contribution in [0.3, 0.4) is 0 Å². The van der Waals surface area contributed by atoms with Crippen molar-refractivity contribution in [1.29, 1.82) is 0 Å². The molecule has 1 N–H and O–H groups in total. The molecule has 1 aliphatic carbocycles. The average molecular weight is 260 g/mol. The number of hydrogen-bond donors (Lipinski definition) is 1. The number of halogens is 1. The lowest BCUT2D eigenvalue weighted by Gasteiger charge is -2.08. The van der Waals surface area contributed by atoms with Gasteiger partial charge < -0.3 is 5.32 Å². The van der Waals surface area contributed by atoms with Crippen LogP contribution in [0.15, 0.2) is 53.6 Å². The number of allylic oxidation sites excluding steroid dienone is 3. The highest BCUT2D eigenvalue weighted by molar-refractivity contribution is 7.80. The Morgan fingerprint density at radius 3 is 3.00 bits per heavy atom. The molecule has 0 unspecified atom stereocenters. The van der Waals surface area contributed by atoms with E-state index in [1.165, 1.54) is 5.57 Å². The van der Waals surface area contributed by atoms with Crippen LogP contribution in [0.2, 0.25) is 5.02 Å². The van der Waals surface area contributed by atoms with E-state index in [1.54, 1.807) is 0 Å². The van der Waals surface area contributed by atoms with Crippen molar-refractivity contribution in [3.8, 4) is 0 Å². The molecule has 3 rings (SSSR count). The molecule has 84 valence electrons. The fraction of sp³-hybridized carbons (Fsp3) is 0.0714. The number of thiocarbonyl (C=S) groups is 1. The average Bonchev–Trinajstić information content (AvgIpc) is 2.68. The lowest BCUT2D eigenvalue weighted by atomic mass is 9.97. The molecule has 1 heterocycles. The van der Waals surface area contributed by atoms with E-state index < -0.39 is 0 Å². The minimum atomic E-state index is 0.743. The molecular formula is C14H10ClNS. The van der Waals surface area contributed by atoms with Crippen LogP contribution in [0.4, 0.5) is 0 Å². The third-order valence-corrected chi connectivity index (χ3v) is 3.50. The Kier molecular flexibility index (Phi) is 2.61. The molecule has 0 fully saturated rings. The minimum absolute atomic E-state index is 0.743. The maximum absolute atomic E-state index is 6.02. The van der Waals surface area contributed by atoms with Crippen molar-refractivity contribution in [2.24, 2.45) is 0 Å². The van der Waals surface area contributed by atoms with E-state index >= 15 is 0 Å². The highest BCUT2D eigenvalue weighted by atomic mass is 35.5. The summed E-state index contributed by atoms with van der Waals surface area (Å²) >= 11 is 11.4. The zero-order valence-corrected chi connectivity index (χ0v) is 10.6. The van der Waals surface area contributed by atoms with Crippen LogP contribution in [0.5, 0.6) is 0 Å². The Morgan fingerprint density at radius 1 is 1.29 bits per heavy atom. The first-order valence-corrected chi connectivity index (χ1v) is 6.22. The summed E-state index contributed by atoms with van der Waals surface area (Å²) in [4.78, 5) is 0.805. The molecule has 1 aromatic rings. The van der Waals surface area contributed by atoms with Crippen LogP contribution in [0, 0.1) is 0 Å². The molecule has 1 aromatic carbocycles. The van der Waals surface area contributed by atoms with Crippen LogP contribution in [-0.4, -0.2) is 4.99 Å². The molecule has 2 aliphatic rings. The van der Waals surface area contributed by atoms with Crippen molar-refractivity contribution >= 4 is 34.5 Å². The topological polar surface area (TPSA) is 12.0 Å². The summed E-state index contributed by atoms with van der Waals surface area (Å²) in [5.41, 5.74) is 4.58. The third-order valence-electron chi connectivity index (χ3n) is 2.94. The predicted molar refractivity (Wildman–Crippen MR) is 75.9 cm³/mol. The van der Waals surface area contributed by atoms with E-state index in [4.69, 9.17) is 23.8 Å². The Bertz CT molecular complexity index is 596. The van der Waals surface area contributed by atoms with Crippen molar-refractivity contribution in [2.75, 3.05) is 0 Å². The zero-order valence-electron chi connectivity index (χ0n) is 9.03. The van der Waals surface area contributed by atoms with Gasteiger partial charge in [0.25, 0.3) is 0 Å². The van der Waals surface area contributed by atoms with Crippen LogP contribution in [0.1, 0.15) is 12.0 Å². The molecule has 3 heteroatoms. The first-order valence-electron chi connectivity index (χ1n) is 5.43. The Hall–Kier alpha value is -1.38. The number of nitrogens with one attached hydrogen (secondary N) is 1. The van der Waals surface area contributed by atoms with Gasteiger partial charge in [-0.3, -0.25) is 0 Å². The number of hydrogen-bond acceptors (Lipinski definition) is 1. The van der Waals surface area contributed by atoms with Crippen LogP contribution < -0.4 is 5.32 Å². The highest BCUT2D eigenvalue weighted by Gasteiger charge is 2.24. The van der Waals surface area contributed by atoms with Crippen LogP contribution in [-0.2, 0) is 0 Å². The first kappa shape index (κ1) is 10.8. The van der Waals surface area contributed by atoms with Gasteiger partial charge in [-0.25, -0.2) is 0 Å². The van der Waals surface area contributed by atoms with Gasteiger partial charge >= 0.3 is 0 Å². The molecule has 0 aromatic heterocycles. The SMILES string of the molecule is S=C1NC(c2cccc(Cl)c2)=C2CC=CC=C12. The lowest BCUT2D eigenvalue weighted by molar-refractivity contribution is 1.24. The van der Waals surface area contributed by atoms with Crippen molar-refractivity contribution in [1.82, 2.24) is 5.32 Å². The van der Waals surface area contributed by atoms with Crippen LogP contribution in [0.25, 0.3) is 5.70 Å². The van der Waals surface area contributed by atoms with E-state index in [-0.39, 0.29) is 0 Å². The van der Waals surface area contributed by atoms with Gasteiger partial charge in [0.1, 0.15) is 4.99 Å². The molecule has 0 spiro atoms. The van der Waals surface area contributed by atoms with Gasteiger partial charge in [-0.05, 0) is 29.7 Å². The van der Waals surface area contributed by atoms with E-state index in [0.29, 0.717) is 0 Å². The van der Waals surface area contributed by atoms with E-state index in [9.17, 15) is 0 Å². The Morgan fingerprint density at radius 2 is 2.18 bits per heavy atom. The summed E-state index contributed by atoms with van der Waals surface area (Å²) in [6.07, 6.45) is 7.17. The number of benzene rings is 1. The monoisotopic (exact) mass is 259 g/mol. The molecule has 0 saturated heterocycles. The van der Waals surface area contributed by atoms with Crippen molar-refractivity contribution in [2.45, 2.75) is 6.42 Å². The molecule has 17 heavy (non-hydrogen) atoms. The normalized spacial score (nSPS) is 17.9. The van der Waals surface area contributed by atoms with Crippen molar-refractivity contribution in [3.05, 3.63) is 64.2 Å². The Labute approximate surface area is 110 Å². The molecule has 0 radical (unpaired) electrons. The molecule has 0 atom stereocenters. The predicted octanol–water partition coefficient (Wildman–Crippen LogP) is 3.87. The molecule has 0 amide bonds. The van der Waals surface area contributed by atoms with E-state index in [0.717, 1.165) is 33.3 Å². The minimum Gasteiger partial charge on any atom is -0.345 e. The number of rotatable bonds is 1. The summed E-state index contributed by atoms with van der Waals surface area (Å²) in [6, 6.07) is 7.84. The molecular weight excluding hydrogens is 250 g/mol. The fourth-order valence-electron chi connectivity index (χ4n) is 2.16. The zero-order chi connectivity index (χ0) is 11.8. The summed E-state index contributed by atoms with van der Waals surface area (Å²) in [7, 11) is 0. The molecule has 1 aliphatic heterocycles. The van der Waals surface area contributed by atoms with Gasteiger partial charge in [-0.15, -0.1) is 0 Å². The maximum Gasteiger partial charge on any atom is 0.111 e. The second kappa shape index (κ2) is 4.13. The second-order valence-corrected chi connectivity index (χ2v) is 4.88. The van der Waals surface area contributed by atoms with Crippen LogP contribution >= 0.6 is 23.8 Å². The summed E-state index contributed by atoms with van der Waals surface area (Å²) in [5.74, 6) is 0. The van der Waals surface area contributed by atoms with E-state index in [1.807, 2.05) is 30.3 Å². The van der Waals surface area contributed by atoms with Crippen molar-refractivity contribution < 1.29 is 0 Å². The summed E-state index contributed by atoms with van der Waals surface area (Å²) < 4.78 is 0. The van der Waals surface area contributed by atoms with Gasteiger partial charge in [0.15, 0.2) is 0 Å². The van der Waals surface area contributed by atoms with Gasteiger partial charge in [0.2, 0.25) is 0 Å². The van der Waals surface area contributed by atoms with Gasteiger partial charge in [0.05, 0.1) is 5.70 Å². The highest BCUT2D eigenvalue weighted by Crippen LogP contribution is 2.34. The molecule has 0 bridgehead atoms. The molecule has 1 nitrogen and oxygen atoms in total. The smallest absolute Gasteiger partial charge is 0.111 e. The fourth-order valence-corrected chi connectivity index (χ4v) is 2.64. The van der Waals surface area contributed by atoms with Gasteiger partial charge in [-0.1, -0.05) is 54.2 Å². The summed E-state index contributed by atoms with van der Waals surface area (Å²) in [5, 5.41) is 4.03. The Balaban J connectivity index is 2.13. The van der Waals surface area contributed by atoms with Gasteiger partial charge in [-0.2, -0.15) is 0 Å². The van der Waals surface area contributed by atoms with E-state index in [2.05, 4.69) is 17.5 Å². The maximum atomic E-state index is 6.02. The number of fused-ring (bicyclic) bond motifs is 1. The quantitative estimate of drug-likeness (QED) is 0.769. The van der Waals surface area contributed by atoms with Crippen molar-refractivity contribution in [3.63, 3.8) is 0 Å². The first-order chi connectivity index (χ1) is 8.25. The standard InChI is InChI=1S/C14H10ClNS/c15-10-5-3-4-9(8-10)13-11-6-1-2-7-12(11)14(17)16-13/h1-5,7-8H,6H2,(H,16,17). The molecule has 0 saturated carbocycles. The largest absolute Gasteiger partial charge is 0.345 e. The second-order valence-electron chi connectivity index (χ2n) is 4.03. The van der Waals surface area contributed by atoms with Gasteiger partial charge in [0, 0.05) is 10.6 Å². The summed E-state index contributed by atoms with van der Waals surface area (Å²) in [6.45, 7) is 0. The lowest BCUT2D eigenvalue weighted by Crippen LogP contribution is -2.13. The third kappa shape index (κ3) is 1.84.